The topological polar surface area (TPSA) is 60.3 Å². The highest BCUT2D eigenvalue weighted by atomic mass is 16.5. The number of methoxy groups -OCH3 is 1. The summed E-state index contributed by atoms with van der Waals surface area (Å²) in [4.78, 5) is 23.6. The van der Waals surface area contributed by atoms with E-state index < -0.39 is 5.97 Å². The van der Waals surface area contributed by atoms with E-state index in [1.54, 1.807) is 0 Å². The maximum absolute atomic E-state index is 12.3. The van der Waals surface area contributed by atoms with E-state index in [-0.39, 0.29) is 24.9 Å². The Morgan fingerprint density at radius 3 is 2.52 bits per heavy atom. The third-order valence-corrected chi connectivity index (χ3v) is 4.21. The molecule has 3 rings (SSSR count). The summed E-state index contributed by atoms with van der Waals surface area (Å²) in [6.07, 6.45) is 4.12. The fourth-order valence-electron chi connectivity index (χ4n) is 2.96. The second-order valence-corrected chi connectivity index (χ2v) is 5.77. The van der Waals surface area contributed by atoms with Gasteiger partial charge in [-0.2, -0.15) is 0 Å². The monoisotopic (exact) mass is 336 g/mol. The lowest BCUT2D eigenvalue weighted by Crippen LogP contribution is -2.32. The number of ether oxygens (including phenoxy) is 1. The van der Waals surface area contributed by atoms with Crippen molar-refractivity contribution in [3.63, 3.8) is 0 Å². The molecule has 2 aromatic carbocycles. The molecule has 1 N–H and O–H groups in total. The van der Waals surface area contributed by atoms with Crippen molar-refractivity contribution in [3.8, 4) is 0 Å². The first-order chi connectivity index (χ1) is 12.2. The Kier molecular flexibility index (Phi) is 5.14. The van der Waals surface area contributed by atoms with Gasteiger partial charge in [0.15, 0.2) is 0 Å². The number of nitrogens with one attached hydrogen (secondary N) is 1. The van der Waals surface area contributed by atoms with Crippen molar-refractivity contribution in [2.24, 2.45) is 0 Å². The van der Waals surface area contributed by atoms with E-state index >= 15 is 0 Å². The fraction of sp³-hybridized carbons (Fsp3) is 0.200. The quantitative estimate of drug-likeness (QED) is 0.704. The summed E-state index contributed by atoms with van der Waals surface area (Å²) in [6, 6.07) is 17.9. The maximum Gasteiger partial charge on any atom is 0.325 e. The van der Waals surface area contributed by atoms with Gasteiger partial charge in [0, 0.05) is 12.4 Å². The molecule has 0 aliphatic rings. The van der Waals surface area contributed by atoms with Gasteiger partial charge in [-0.25, -0.2) is 0 Å². The highest BCUT2D eigenvalue weighted by molar-refractivity contribution is 5.87. The molecule has 25 heavy (non-hydrogen) atoms. The van der Waals surface area contributed by atoms with Crippen LogP contribution in [0.2, 0.25) is 0 Å². The summed E-state index contributed by atoms with van der Waals surface area (Å²) in [6.45, 7) is -0.122. The average molecular weight is 336 g/mol. The van der Waals surface area contributed by atoms with Gasteiger partial charge in [0.05, 0.1) is 19.6 Å². The molecule has 1 atom stereocenters. The molecule has 0 aliphatic carbocycles. The van der Waals surface area contributed by atoms with Gasteiger partial charge < -0.3 is 14.6 Å². The number of nitrogens with zero attached hydrogens (tertiary/aromatic N) is 1. The Bertz CT molecular complexity index is 866. The number of rotatable bonds is 6. The van der Waals surface area contributed by atoms with Gasteiger partial charge in [-0.15, -0.1) is 0 Å². The van der Waals surface area contributed by atoms with E-state index in [2.05, 4.69) is 28.3 Å². The highest BCUT2D eigenvalue weighted by Crippen LogP contribution is 2.29. The minimum absolute atomic E-state index is 0.122. The third-order valence-electron chi connectivity index (χ3n) is 4.21. The third kappa shape index (κ3) is 3.88. The second kappa shape index (κ2) is 7.66. The van der Waals surface area contributed by atoms with E-state index in [0.717, 1.165) is 16.3 Å². The van der Waals surface area contributed by atoms with Crippen molar-refractivity contribution in [1.29, 1.82) is 0 Å². The van der Waals surface area contributed by atoms with E-state index in [0.29, 0.717) is 0 Å². The number of benzene rings is 2. The molecule has 0 radical (unpaired) electrons. The molecule has 128 valence electrons. The highest BCUT2D eigenvalue weighted by Gasteiger charge is 2.19. The number of esters is 1. The predicted molar refractivity (Wildman–Crippen MR) is 96.2 cm³/mol. The van der Waals surface area contributed by atoms with Crippen LogP contribution in [0.15, 0.2) is 67.0 Å². The predicted octanol–water partition coefficient (Wildman–Crippen LogP) is 2.91. The number of carbonyl (C=O) groups excluding carboxylic acids is 2. The molecule has 1 aromatic heterocycles. The summed E-state index contributed by atoms with van der Waals surface area (Å²) >= 11 is 0. The van der Waals surface area contributed by atoms with Crippen LogP contribution in [0.25, 0.3) is 10.8 Å². The van der Waals surface area contributed by atoms with E-state index in [1.165, 1.54) is 7.11 Å². The van der Waals surface area contributed by atoms with Crippen molar-refractivity contribution in [1.82, 2.24) is 9.88 Å². The van der Waals surface area contributed by atoms with Gasteiger partial charge in [0.1, 0.15) is 6.54 Å². The largest absolute Gasteiger partial charge is 0.468 e. The number of hydrogen-bond donors (Lipinski definition) is 1. The molecule has 5 heteroatoms. The number of fused-ring (bicyclic) bond motifs is 1. The summed E-state index contributed by atoms with van der Waals surface area (Å²) in [5.41, 5.74) is 1.07. The molecule has 0 unspecified atom stereocenters. The molecule has 0 spiro atoms. The van der Waals surface area contributed by atoms with E-state index in [1.807, 2.05) is 53.4 Å². The second-order valence-electron chi connectivity index (χ2n) is 5.77. The lowest BCUT2D eigenvalue weighted by Gasteiger charge is -2.21. The Labute approximate surface area is 146 Å². The lowest BCUT2D eigenvalue weighted by molar-refractivity contribution is -0.141. The van der Waals surface area contributed by atoms with Gasteiger partial charge in [-0.3, -0.25) is 9.59 Å². The first kappa shape index (κ1) is 16.8. The Morgan fingerprint density at radius 2 is 1.76 bits per heavy atom. The van der Waals surface area contributed by atoms with Gasteiger partial charge in [-0.05, 0) is 28.5 Å². The molecule has 3 aromatic rings. The normalized spacial score (nSPS) is 11.9. The van der Waals surface area contributed by atoms with Crippen LogP contribution in [-0.4, -0.2) is 30.1 Å². The van der Waals surface area contributed by atoms with Crippen LogP contribution in [0.4, 0.5) is 0 Å². The SMILES string of the molecule is COC(=O)CNC(=O)C[C@@H](c1cccc2ccccc12)n1cccc1. The van der Waals surface area contributed by atoms with Crippen LogP contribution in [-0.2, 0) is 14.3 Å². The van der Waals surface area contributed by atoms with Gasteiger partial charge >= 0.3 is 5.97 Å². The van der Waals surface area contributed by atoms with Crippen LogP contribution < -0.4 is 5.32 Å². The van der Waals surface area contributed by atoms with Crippen LogP contribution in [0, 0.1) is 0 Å². The molecule has 5 nitrogen and oxygen atoms in total. The van der Waals surface area contributed by atoms with Crippen molar-refractivity contribution < 1.29 is 14.3 Å². The van der Waals surface area contributed by atoms with Gasteiger partial charge in [0.2, 0.25) is 5.91 Å². The standard InChI is InChI=1S/C20H20N2O3/c1-25-20(24)14-21-19(23)13-18(22-11-4-5-12-22)17-10-6-8-15-7-2-3-9-16(15)17/h2-12,18H,13-14H2,1H3,(H,21,23)/t18-/m0/s1. The first-order valence-corrected chi connectivity index (χ1v) is 8.12. The number of aromatic nitrogens is 1. The van der Waals surface area contributed by atoms with E-state index in [9.17, 15) is 9.59 Å². The number of hydrogen-bond acceptors (Lipinski definition) is 3. The average Bonchev–Trinajstić information content (AvgIpc) is 3.18. The molecular weight excluding hydrogens is 316 g/mol. The van der Waals surface area contributed by atoms with Crippen molar-refractivity contribution in [3.05, 3.63) is 72.6 Å². The molecule has 0 bridgehead atoms. The summed E-state index contributed by atoms with van der Waals surface area (Å²) in [7, 11) is 1.30. The number of carbonyl (C=O) groups is 2. The molecule has 1 amide bonds. The van der Waals surface area contributed by atoms with Crippen molar-refractivity contribution in [2.45, 2.75) is 12.5 Å². The van der Waals surface area contributed by atoms with Crippen molar-refractivity contribution in [2.75, 3.05) is 13.7 Å². The summed E-state index contributed by atoms with van der Waals surface area (Å²) < 4.78 is 6.57. The van der Waals surface area contributed by atoms with Gasteiger partial charge in [0.25, 0.3) is 0 Å². The minimum Gasteiger partial charge on any atom is -0.468 e. The van der Waals surface area contributed by atoms with Crippen LogP contribution in [0.5, 0.6) is 0 Å². The Balaban J connectivity index is 1.90. The summed E-state index contributed by atoms with van der Waals surface area (Å²) in [5.74, 6) is -0.659. The lowest BCUT2D eigenvalue weighted by atomic mass is 9.96. The zero-order chi connectivity index (χ0) is 17.6. The molecular formula is C20H20N2O3. The van der Waals surface area contributed by atoms with E-state index in [4.69, 9.17) is 0 Å². The van der Waals surface area contributed by atoms with Crippen LogP contribution in [0.3, 0.4) is 0 Å². The molecule has 0 saturated heterocycles. The zero-order valence-electron chi connectivity index (χ0n) is 14.0. The minimum atomic E-state index is -0.462. The van der Waals surface area contributed by atoms with Crippen LogP contribution in [0.1, 0.15) is 18.0 Å². The molecule has 0 aliphatic heterocycles. The molecule has 0 saturated carbocycles. The number of amides is 1. The fourth-order valence-corrected chi connectivity index (χ4v) is 2.96. The smallest absolute Gasteiger partial charge is 0.325 e. The van der Waals surface area contributed by atoms with Gasteiger partial charge in [-0.1, -0.05) is 42.5 Å². The first-order valence-electron chi connectivity index (χ1n) is 8.12. The molecule has 0 fully saturated rings. The molecule has 1 heterocycles. The van der Waals surface area contributed by atoms with Crippen LogP contribution >= 0.6 is 0 Å². The van der Waals surface area contributed by atoms with Crippen molar-refractivity contribution >= 4 is 22.6 Å². The summed E-state index contributed by atoms with van der Waals surface area (Å²) in [5, 5.41) is 4.86. The Morgan fingerprint density at radius 1 is 1.04 bits per heavy atom. The maximum atomic E-state index is 12.3. The zero-order valence-corrected chi connectivity index (χ0v) is 14.0. The Hall–Kier alpha value is -3.08.